The molecule has 2 rings (SSSR count). The Balaban J connectivity index is 0.00000338. The van der Waals surface area contributed by atoms with E-state index in [9.17, 15) is 8.42 Å². The lowest BCUT2D eigenvalue weighted by Gasteiger charge is -2.09. The van der Waals surface area contributed by atoms with Crippen molar-refractivity contribution in [2.75, 3.05) is 7.05 Å². The number of hydrogen-bond donors (Lipinski definition) is 2. The highest BCUT2D eigenvalue weighted by Gasteiger charge is 2.14. The van der Waals surface area contributed by atoms with Crippen LogP contribution in [-0.2, 0) is 16.4 Å². The summed E-state index contributed by atoms with van der Waals surface area (Å²) in [5, 5.41) is 7.04. The average molecular weight is 401 g/mol. The van der Waals surface area contributed by atoms with Gasteiger partial charge in [-0.3, -0.25) is 0 Å². The van der Waals surface area contributed by atoms with Crippen molar-refractivity contribution in [3.05, 3.63) is 41.5 Å². The van der Waals surface area contributed by atoms with Crippen LogP contribution < -0.4 is 10.0 Å². The molecule has 1 heterocycles. The summed E-state index contributed by atoms with van der Waals surface area (Å²) < 4.78 is 31.9. The van der Waals surface area contributed by atoms with Gasteiger partial charge in [0.25, 0.3) is 5.89 Å². The van der Waals surface area contributed by atoms with E-state index < -0.39 is 10.0 Å². The van der Waals surface area contributed by atoms with Crippen LogP contribution >= 0.6 is 12.4 Å². The number of nitrogens with zero attached hydrogens (tertiary/aromatic N) is 2. The van der Waals surface area contributed by atoms with E-state index >= 15 is 0 Å². The minimum absolute atomic E-state index is 0. The molecule has 144 valence electrons. The molecule has 0 bridgehead atoms. The van der Waals surface area contributed by atoms with E-state index in [1.165, 1.54) is 0 Å². The predicted molar refractivity (Wildman–Crippen MR) is 105 cm³/mol. The first-order valence-electron chi connectivity index (χ1n) is 8.10. The summed E-state index contributed by atoms with van der Waals surface area (Å²) in [4.78, 5) is 4.53. The van der Waals surface area contributed by atoms with Crippen LogP contribution in [0.15, 0.2) is 33.7 Å². The quantitative estimate of drug-likeness (QED) is 0.706. The maximum Gasteiger partial charge on any atom is 0.250 e. The highest BCUT2D eigenvalue weighted by Crippen LogP contribution is 2.13. The summed E-state index contributed by atoms with van der Waals surface area (Å²) in [5.74, 6) is 1.05. The van der Waals surface area contributed by atoms with Crippen LogP contribution in [-0.4, -0.2) is 37.7 Å². The van der Waals surface area contributed by atoms with Crippen LogP contribution in [0.5, 0.6) is 0 Å². The first-order chi connectivity index (χ1) is 11.8. The standard InChI is InChI=1S/C17H24N4O3S.ClH/c1-12(2)21-25(22,23)15-8-5-14(6-9-15)7-10-17-19-16(20-24-17)11-13(3)18-4;/h5-10,12-13,18,21H,11H2,1-4H3;1H/b10-7+;. The van der Waals surface area contributed by atoms with Crippen molar-refractivity contribution in [3.63, 3.8) is 0 Å². The smallest absolute Gasteiger partial charge is 0.250 e. The molecular formula is C17H25ClN4O3S. The average Bonchev–Trinajstić information content (AvgIpc) is 2.99. The SMILES string of the molecule is CNC(C)Cc1noc(/C=C/c2ccc(S(=O)(=O)NC(C)C)cc2)n1.Cl. The molecule has 0 radical (unpaired) electrons. The zero-order valence-electron chi connectivity index (χ0n) is 15.3. The van der Waals surface area contributed by atoms with Crippen molar-refractivity contribution in [1.29, 1.82) is 0 Å². The Morgan fingerprint density at radius 1 is 1.15 bits per heavy atom. The van der Waals surface area contributed by atoms with Crippen molar-refractivity contribution in [3.8, 4) is 0 Å². The summed E-state index contributed by atoms with van der Waals surface area (Å²) in [6, 6.07) is 6.71. The maximum absolute atomic E-state index is 12.1. The van der Waals surface area contributed by atoms with Gasteiger partial charge in [0.2, 0.25) is 10.0 Å². The molecule has 0 saturated heterocycles. The number of rotatable bonds is 8. The molecule has 26 heavy (non-hydrogen) atoms. The Bertz CT molecular complexity index is 817. The number of sulfonamides is 1. The molecule has 0 aliphatic carbocycles. The molecule has 2 aromatic rings. The van der Waals surface area contributed by atoms with Crippen LogP contribution in [0.2, 0.25) is 0 Å². The lowest BCUT2D eigenvalue weighted by Crippen LogP contribution is -2.30. The molecule has 0 aliphatic heterocycles. The second-order valence-corrected chi connectivity index (χ2v) is 7.84. The van der Waals surface area contributed by atoms with Crippen LogP contribution in [0.1, 0.15) is 38.0 Å². The lowest BCUT2D eigenvalue weighted by molar-refractivity contribution is 0.400. The Morgan fingerprint density at radius 3 is 2.38 bits per heavy atom. The molecule has 0 saturated carbocycles. The van der Waals surface area contributed by atoms with Crippen LogP contribution in [0, 0.1) is 0 Å². The third-order valence-corrected chi connectivity index (χ3v) is 5.14. The normalized spacial score (nSPS) is 13.1. The van der Waals surface area contributed by atoms with E-state index in [1.54, 1.807) is 50.3 Å². The molecule has 1 unspecified atom stereocenters. The molecule has 1 atom stereocenters. The van der Waals surface area contributed by atoms with Crippen LogP contribution in [0.3, 0.4) is 0 Å². The van der Waals surface area contributed by atoms with Gasteiger partial charge in [0.1, 0.15) is 0 Å². The molecule has 0 fully saturated rings. The molecule has 9 heteroatoms. The fraction of sp³-hybridized carbons (Fsp3) is 0.412. The zero-order chi connectivity index (χ0) is 18.4. The Hall–Kier alpha value is -1.74. The van der Waals surface area contributed by atoms with Gasteiger partial charge in [-0.05, 0) is 51.6 Å². The van der Waals surface area contributed by atoms with Gasteiger partial charge in [-0.25, -0.2) is 13.1 Å². The second kappa shape index (κ2) is 9.82. The number of benzene rings is 1. The van der Waals surface area contributed by atoms with E-state index in [1.807, 2.05) is 14.0 Å². The molecule has 1 aromatic heterocycles. The highest BCUT2D eigenvalue weighted by molar-refractivity contribution is 7.89. The minimum atomic E-state index is -3.48. The van der Waals surface area contributed by atoms with Gasteiger partial charge in [0.05, 0.1) is 4.90 Å². The fourth-order valence-corrected chi connectivity index (χ4v) is 3.35. The number of halogens is 1. The molecule has 0 spiro atoms. The topological polar surface area (TPSA) is 97.1 Å². The van der Waals surface area contributed by atoms with Crippen molar-refractivity contribution in [1.82, 2.24) is 20.2 Å². The number of nitrogens with one attached hydrogen (secondary N) is 2. The van der Waals surface area contributed by atoms with Gasteiger partial charge in [-0.1, -0.05) is 17.3 Å². The molecule has 0 amide bonds. The summed E-state index contributed by atoms with van der Waals surface area (Å²) in [5.41, 5.74) is 0.840. The van der Waals surface area contributed by atoms with Gasteiger partial charge in [0.15, 0.2) is 5.82 Å². The third-order valence-electron chi connectivity index (χ3n) is 3.46. The molecule has 1 aromatic carbocycles. The summed E-state index contributed by atoms with van der Waals surface area (Å²) >= 11 is 0. The van der Waals surface area contributed by atoms with E-state index in [0.29, 0.717) is 18.1 Å². The summed E-state index contributed by atoms with van der Waals surface area (Å²) in [7, 11) is -1.59. The predicted octanol–water partition coefficient (Wildman–Crippen LogP) is 2.50. The number of likely N-dealkylation sites (N-methyl/N-ethyl adjacent to an activating group) is 1. The number of hydrogen-bond acceptors (Lipinski definition) is 6. The van der Waals surface area contributed by atoms with Gasteiger partial charge >= 0.3 is 0 Å². The first-order valence-corrected chi connectivity index (χ1v) is 9.59. The highest BCUT2D eigenvalue weighted by atomic mass is 35.5. The second-order valence-electron chi connectivity index (χ2n) is 6.12. The van der Waals surface area contributed by atoms with Gasteiger partial charge in [0, 0.05) is 24.6 Å². The van der Waals surface area contributed by atoms with Crippen molar-refractivity contribution >= 4 is 34.6 Å². The van der Waals surface area contributed by atoms with Crippen LogP contribution in [0.25, 0.3) is 12.2 Å². The summed E-state index contributed by atoms with van der Waals surface area (Å²) in [6.45, 7) is 5.60. The zero-order valence-corrected chi connectivity index (χ0v) is 16.9. The Morgan fingerprint density at radius 2 is 1.81 bits per heavy atom. The van der Waals surface area contributed by atoms with Gasteiger partial charge in [-0.2, -0.15) is 4.98 Å². The van der Waals surface area contributed by atoms with E-state index in [2.05, 4.69) is 20.2 Å². The maximum atomic E-state index is 12.1. The monoisotopic (exact) mass is 400 g/mol. The first kappa shape index (κ1) is 22.3. The lowest BCUT2D eigenvalue weighted by atomic mass is 10.2. The molecule has 0 aliphatic rings. The number of aromatic nitrogens is 2. The van der Waals surface area contributed by atoms with E-state index in [0.717, 1.165) is 5.56 Å². The van der Waals surface area contributed by atoms with Crippen molar-refractivity contribution in [2.24, 2.45) is 0 Å². The Labute approximate surface area is 160 Å². The molecule has 2 N–H and O–H groups in total. The van der Waals surface area contributed by atoms with E-state index in [-0.39, 0.29) is 29.4 Å². The van der Waals surface area contributed by atoms with Crippen molar-refractivity contribution < 1.29 is 12.9 Å². The summed E-state index contributed by atoms with van der Waals surface area (Å²) in [6.07, 6.45) is 4.19. The fourth-order valence-electron chi connectivity index (χ4n) is 2.10. The minimum Gasteiger partial charge on any atom is -0.335 e. The third kappa shape index (κ3) is 6.53. The largest absolute Gasteiger partial charge is 0.335 e. The van der Waals surface area contributed by atoms with Crippen molar-refractivity contribution in [2.45, 2.75) is 44.2 Å². The molecular weight excluding hydrogens is 376 g/mol. The Kier molecular flexibility index (Phi) is 8.42. The van der Waals surface area contributed by atoms with Crippen LogP contribution in [0.4, 0.5) is 0 Å². The molecule has 7 nitrogen and oxygen atoms in total. The van der Waals surface area contributed by atoms with Gasteiger partial charge < -0.3 is 9.84 Å². The van der Waals surface area contributed by atoms with Gasteiger partial charge in [-0.15, -0.1) is 12.4 Å². The van der Waals surface area contributed by atoms with E-state index in [4.69, 9.17) is 4.52 Å².